The average molecular weight is 333 g/mol. The maximum Gasteiger partial charge on any atom is 0.315 e. The molecule has 0 aromatic carbocycles. The second-order valence-corrected chi connectivity index (χ2v) is 7.07. The molecule has 1 aromatic heterocycles. The fourth-order valence-corrected chi connectivity index (χ4v) is 3.44. The smallest absolute Gasteiger partial charge is 0.315 e. The van der Waals surface area contributed by atoms with Crippen molar-refractivity contribution in [2.24, 2.45) is 5.92 Å². The maximum absolute atomic E-state index is 12.1. The number of aromatic nitrogens is 2. The lowest BCUT2D eigenvalue weighted by atomic mass is 10.1. The van der Waals surface area contributed by atoms with Crippen molar-refractivity contribution in [2.45, 2.75) is 65.2 Å². The lowest BCUT2D eigenvalue weighted by molar-refractivity contribution is -0.136. The fraction of sp³-hybridized carbons (Fsp3) is 0.706. The zero-order chi connectivity index (χ0) is 17.1. The van der Waals surface area contributed by atoms with Crippen molar-refractivity contribution in [2.75, 3.05) is 6.54 Å². The molecule has 1 fully saturated rings. The molecule has 2 aliphatic rings. The molecule has 0 unspecified atom stereocenters. The molecule has 3 amide bonds. The monoisotopic (exact) mass is 333 g/mol. The summed E-state index contributed by atoms with van der Waals surface area (Å²) in [5.41, 5.74) is 1.87. The number of rotatable bonds is 4. The summed E-state index contributed by atoms with van der Waals surface area (Å²) in [6.45, 7) is 6.26. The highest BCUT2D eigenvalue weighted by atomic mass is 16.2. The van der Waals surface area contributed by atoms with Gasteiger partial charge in [-0.1, -0.05) is 26.7 Å². The van der Waals surface area contributed by atoms with Gasteiger partial charge in [-0.25, -0.2) is 4.79 Å². The van der Waals surface area contributed by atoms with Gasteiger partial charge in [0.25, 0.3) is 0 Å². The average Bonchev–Trinajstić information content (AvgIpc) is 3.20. The van der Waals surface area contributed by atoms with E-state index < -0.39 is 0 Å². The first-order chi connectivity index (χ1) is 11.5. The van der Waals surface area contributed by atoms with E-state index in [2.05, 4.69) is 15.7 Å². The van der Waals surface area contributed by atoms with Gasteiger partial charge in [0.15, 0.2) is 0 Å². The van der Waals surface area contributed by atoms with E-state index in [-0.39, 0.29) is 17.9 Å². The van der Waals surface area contributed by atoms with Crippen molar-refractivity contribution in [3.8, 4) is 0 Å². The third kappa shape index (κ3) is 3.88. The van der Waals surface area contributed by atoms with Gasteiger partial charge in [0.1, 0.15) is 0 Å². The van der Waals surface area contributed by atoms with E-state index >= 15 is 0 Å². The Kier molecular flexibility index (Phi) is 5.06. The van der Waals surface area contributed by atoms with E-state index in [1.165, 1.54) is 12.8 Å². The van der Waals surface area contributed by atoms with Gasteiger partial charge < -0.3 is 15.5 Å². The molecule has 1 saturated carbocycles. The van der Waals surface area contributed by atoms with Gasteiger partial charge >= 0.3 is 6.03 Å². The number of carbonyl (C=O) groups is 2. The van der Waals surface area contributed by atoms with Gasteiger partial charge in [-0.2, -0.15) is 5.10 Å². The molecule has 24 heavy (non-hydrogen) atoms. The van der Waals surface area contributed by atoms with Crippen LogP contribution < -0.4 is 10.6 Å². The molecule has 0 atom stereocenters. The van der Waals surface area contributed by atoms with Crippen LogP contribution in [0.1, 0.15) is 50.9 Å². The number of nitrogens with one attached hydrogen (secondary N) is 2. The summed E-state index contributed by atoms with van der Waals surface area (Å²) in [5.74, 6) is 0.193. The zero-order valence-electron chi connectivity index (χ0n) is 14.5. The van der Waals surface area contributed by atoms with Crippen molar-refractivity contribution >= 4 is 11.9 Å². The Labute approximate surface area is 142 Å². The van der Waals surface area contributed by atoms with Crippen molar-refractivity contribution in [3.05, 3.63) is 17.5 Å². The Morgan fingerprint density at radius 3 is 2.75 bits per heavy atom. The second-order valence-electron chi connectivity index (χ2n) is 7.07. The molecule has 0 saturated heterocycles. The number of fused-ring (bicyclic) bond motifs is 1. The van der Waals surface area contributed by atoms with Crippen LogP contribution in [0.15, 0.2) is 6.07 Å². The Bertz CT molecular complexity index is 604. The minimum absolute atomic E-state index is 0.0138. The van der Waals surface area contributed by atoms with Crippen LogP contribution in [0.3, 0.4) is 0 Å². The SMILES string of the molecule is CC(C)C(=O)N1CCn2nc(CNC(=O)NC3CCCC3)cc2C1. The number of hydrogen-bond donors (Lipinski definition) is 2. The van der Waals surface area contributed by atoms with Gasteiger partial charge in [-0.3, -0.25) is 9.48 Å². The van der Waals surface area contributed by atoms with Crippen LogP contribution in [0.4, 0.5) is 4.79 Å². The number of amides is 3. The highest BCUT2D eigenvalue weighted by molar-refractivity contribution is 5.78. The van der Waals surface area contributed by atoms with E-state index in [9.17, 15) is 9.59 Å². The van der Waals surface area contributed by atoms with Crippen molar-refractivity contribution in [1.29, 1.82) is 0 Å². The third-order valence-electron chi connectivity index (χ3n) is 4.77. The fourth-order valence-electron chi connectivity index (χ4n) is 3.44. The number of carbonyl (C=O) groups excluding carboxylic acids is 2. The predicted molar refractivity (Wildman–Crippen MR) is 90.1 cm³/mol. The minimum Gasteiger partial charge on any atom is -0.335 e. The van der Waals surface area contributed by atoms with Crippen LogP contribution >= 0.6 is 0 Å². The normalized spacial score (nSPS) is 17.9. The standard InChI is InChI=1S/C17H27N5O2/c1-12(2)16(23)21-7-8-22-15(11-21)9-14(20-22)10-18-17(24)19-13-5-3-4-6-13/h9,12-13H,3-8,10-11H2,1-2H3,(H2,18,19,24). The van der Waals surface area contributed by atoms with Crippen LogP contribution in [-0.4, -0.2) is 39.2 Å². The Morgan fingerprint density at radius 2 is 2.04 bits per heavy atom. The quantitative estimate of drug-likeness (QED) is 0.879. The lowest BCUT2D eigenvalue weighted by Crippen LogP contribution is -2.40. The molecule has 0 radical (unpaired) electrons. The zero-order valence-corrected chi connectivity index (χ0v) is 14.5. The summed E-state index contributed by atoms with van der Waals surface area (Å²) >= 11 is 0. The second kappa shape index (κ2) is 7.23. The van der Waals surface area contributed by atoms with Gasteiger partial charge in [-0.15, -0.1) is 0 Å². The van der Waals surface area contributed by atoms with Crippen LogP contribution in [-0.2, 0) is 24.4 Å². The molecular weight excluding hydrogens is 306 g/mol. The van der Waals surface area contributed by atoms with Gasteiger partial charge in [-0.05, 0) is 18.9 Å². The van der Waals surface area contributed by atoms with Crippen molar-refractivity contribution in [1.82, 2.24) is 25.3 Å². The summed E-state index contributed by atoms with van der Waals surface area (Å²) in [6.07, 6.45) is 4.55. The van der Waals surface area contributed by atoms with E-state index in [4.69, 9.17) is 0 Å². The third-order valence-corrected chi connectivity index (χ3v) is 4.77. The molecule has 1 aliphatic carbocycles. The molecule has 7 heteroatoms. The van der Waals surface area contributed by atoms with Crippen LogP contribution in [0, 0.1) is 5.92 Å². The molecule has 3 rings (SSSR count). The van der Waals surface area contributed by atoms with Gasteiger partial charge in [0.2, 0.25) is 5.91 Å². The lowest BCUT2D eigenvalue weighted by Gasteiger charge is -2.29. The van der Waals surface area contributed by atoms with Gasteiger partial charge in [0, 0.05) is 18.5 Å². The summed E-state index contributed by atoms with van der Waals surface area (Å²) < 4.78 is 1.94. The Hall–Kier alpha value is -2.05. The molecule has 7 nitrogen and oxygen atoms in total. The highest BCUT2D eigenvalue weighted by Gasteiger charge is 2.24. The molecule has 2 heterocycles. The summed E-state index contributed by atoms with van der Waals surface area (Å²) in [4.78, 5) is 25.9. The molecule has 1 aliphatic heterocycles. The largest absolute Gasteiger partial charge is 0.335 e. The number of urea groups is 1. The van der Waals surface area contributed by atoms with Crippen molar-refractivity contribution in [3.63, 3.8) is 0 Å². The first-order valence-corrected chi connectivity index (χ1v) is 8.91. The van der Waals surface area contributed by atoms with E-state index in [0.29, 0.717) is 32.2 Å². The van der Waals surface area contributed by atoms with E-state index in [1.807, 2.05) is 29.5 Å². The van der Waals surface area contributed by atoms with E-state index in [1.54, 1.807) is 0 Å². The predicted octanol–water partition coefficient (Wildman–Crippen LogP) is 1.62. The molecule has 2 N–H and O–H groups in total. The topological polar surface area (TPSA) is 79.3 Å². The maximum atomic E-state index is 12.1. The van der Waals surface area contributed by atoms with E-state index in [0.717, 1.165) is 24.2 Å². The van der Waals surface area contributed by atoms with Crippen molar-refractivity contribution < 1.29 is 9.59 Å². The first-order valence-electron chi connectivity index (χ1n) is 8.91. The highest BCUT2D eigenvalue weighted by Crippen LogP contribution is 2.18. The summed E-state index contributed by atoms with van der Waals surface area (Å²) in [6, 6.07) is 2.18. The minimum atomic E-state index is -0.121. The summed E-state index contributed by atoms with van der Waals surface area (Å²) in [7, 11) is 0. The first kappa shape index (κ1) is 16.8. The Morgan fingerprint density at radius 1 is 1.29 bits per heavy atom. The summed E-state index contributed by atoms with van der Waals surface area (Å²) in [5, 5.41) is 10.4. The van der Waals surface area contributed by atoms with Crippen LogP contribution in [0.25, 0.3) is 0 Å². The molecular formula is C17H27N5O2. The molecule has 0 spiro atoms. The van der Waals surface area contributed by atoms with Crippen LogP contribution in [0.5, 0.6) is 0 Å². The van der Waals surface area contributed by atoms with Gasteiger partial charge in [0.05, 0.1) is 31.0 Å². The molecule has 1 aromatic rings. The number of hydrogen-bond acceptors (Lipinski definition) is 3. The number of nitrogens with zero attached hydrogens (tertiary/aromatic N) is 3. The van der Waals surface area contributed by atoms with Crippen LogP contribution in [0.2, 0.25) is 0 Å². The molecule has 0 bridgehead atoms. The molecule has 132 valence electrons. The Balaban J connectivity index is 1.52.